The quantitative estimate of drug-likeness (QED) is 0.488. The van der Waals surface area contributed by atoms with E-state index in [1.54, 1.807) is 7.11 Å². The molecule has 0 radical (unpaired) electrons. The molecular formula is C27H32N6O3. The van der Waals surface area contributed by atoms with Crippen molar-refractivity contribution in [1.29, 1.82) is 0 Å². The van der Waals surface area contributed by atoms with Gasteiger partial charge in [0.15, 0.2) is 11.5 Å². The van der Waals surface area contributed by atoms with Gasteiger partial charge in [0.05, 0.1) is 7.11 Å². The number of rotatable bonds is 8. The largest absolute Gasteiger partial charge is 0.497 e. The number of aromatic nitrogens is 2. The van der Waals surface area contributed by atoms with Gasteiger partial charge in [-0.2, -0.15) is 0 Å². The second kappa shape index (κ2) is 10.8. The first-order chi connectivity index (χ1) is 17.6. The second-order valence-electron chi connectivity index (χ2n) is 9.18. The molecule has 0 atom stereocenters. The molecule has 2 amide bonds. The van der Waals surface area contributed by atoms with Crippen LogP contribution in [0.5, 0.6) is 5.75 Å². The molecule has 0 spiro atoms. The molecule has 0 unspecified atom stereocenters. The van der Waals surface area contributed by atoms with Crippen molar-refractivity contribution in [2.45, 2.75) is 19.3 Å². The summed E-state index contributed by atoms with van der Waals surface area (Å²) < 4.78 is 5.27. The molecule has 1 N–H and O–H groups in total. The van der Waals surface area contributed by atoms with E-state index < -0.39 is 0 Å². The lowest BCUT2D eigenvalue weighted by molar-refractivity contribution is -0.127. The standard InChI is InChI=1S/C27H32N6O3/c1-36-21-11-9-20(10-12-21)31-16-18-33(19-17-31)26-23-7-3-2-6-22(23)25(29-30-26)27(35)28-13-5-15-32-14-4-8-24(32)34/h2-3,6-7,9-12H,4-5,8,13-19H2,1H3,(H,28,35). The molecule has 0 aliphatic carbocycles. The monoisotopic (exact) mass is 488 g/mol. The second-order valence-corrected chi connectivity index (χ2v) is 9.18. The zero-order chi connectivity index (χ0) is 24.9. The Hall–Kier alpha value is -3.88. The molecule has 5 rings (SSSR count). The van der Waals surface area contributed by atoms with Crippen LogP contribution in [0, 0.1) is 0 Å². The average molecular weight is 489 g/mol. The lowest BCUT2D eigenvalue weighted by Gasteiger charge is -2.37. The zero-order valence-electron chi connectivity index (χ0n) is 20.7. The van der Waals surface area contributed by atoms with Gasteiger partial charge in [-0.25, -0.2) is 0 Å². The number of carbonyl (C=O) groups excluding carboxylic acids is 2. The maximum atomic E-state index is 12.9. The number of anilines is 2. The third kappa shape index (κ3) is 5.05. The number of amides is 2. The number of hydrogen-bond acceptors (Lipinski definition) is 7. The normalized spacial score (nSPS) is 16.0. The topological polar surface area (TPSA) is 90.9 Å². The Morgan fingerprint density at radius 1 is 0.944 bits per heavy atom. The maximum Gasteiger partial charge on any atom is 0.272 e. The molecule has 9 heteroatoms. The van der Waals surface area contributed by atoms with Crippen LogP contribution in [0.25, 0.3) is 10.8 Å². The average Bonchev–Trinajstić information content (AvgIpc) is 3.35. The van der Waals surface area contributed by atoms with Gasteiger partial charge in [0.2, 0.25) is 5.91 Å². The minimum absolute atomic E-state index is 0.207. The van der Waals surface area contributed by atoms with Crippen molar-refractivity contribution in [3.8, 4) is 5.75 Å². The number of nitrogens with zero attached hydrogens (tertiary/aromatic N) is 5. The molecule has 2 fully saturated rings. The van der Waals surface area contributed by atoms with Crippen molar-refractivity contribution < 1.29 is 14.3 Å². The van der Waals surface area contributed by atoms with Crippen molar-refractivity contribution in [1.82, 2.24) is 20.4 Å². The summed E-state index contributed by atoms with van der Waals surface area (Å²) in [5.41, 5.74) is 1.51. The first-order valence-corrected chi connectivity index (χ1v) is 12.6. The minimum Gasteiger partial charge on any atom is -0.497 e. The number of likely N-dealkylation sites (tertiary alicyclic amines) is 1. The number of piperazine rings is 1. The van der Waals surface area contributed by atoms with E-state index in [4.69, 9.17) is 4.74 Å². The summed E-state index contributed by atoms with van der Waals surface area (Å²) in [7, 11) is 1.67. The Balaban J connectivity index is 1.23. The Kier molecular flexibility index (Phi) is 7.16. The van der Waals surface area contributed by atoms with Gasteiger partial charge < -0.3 is 24.8 Å². The van der Waals surface area contributed by atoms with Crippen LogP contribution in [0.15, 0.2) is 48.5 Å². The van der Waals surface area contributed by atoms with Gasteiger partial charge in [0, 0.05) is 68.7 Å². The molecule has 2 saturated heterocycles. The molecule has 3 heterocycles. The fourth-order valence-electron chi connectivity index (χ4n) is 4.96. The molecule has 36 heavy (non-hydrogen) atoms. The fraction of sp³-hybridized carbons (Fsp3) is 0.407. The van der Waals surface area contributed by atoms with Gasteiger partial charge in [0.25, 0.3) is 5.91 Å². The Morgan fingerprint density at radius 2 is 1.67 bits per heavy atom. The van der Waals surface area contributed by atoms with E-state index in [9.17, 15) is 9.59 Å². The van der Waals surface area contributed by atoms with Crippen LogP contribution >= 0.6 is 0 Å². The van der Waals surface area contributed by atoms with E-state index in [1.165, 1.54) is 5.69 Å². The molecule has 3 aromatic rings. The number of nitrogens with one attached hydrogen (secondary N) is 1. The smallest absolute Gasteiger partial charge is 0.272 e. The van der Waals surface area contributed by atoms with Gasteiger partial charge in [-0.15, -0.1) is 10.2 Å². The van der Waals surface area contributed by atoms with E-state index in [-0.39, 0.29) is 11.8 Å². The van der Waals surface area contributed by atoms with Gasteiger partial charge in [-0.3, -0.25) is 9.59 Å². The van der Waals surface area contributed by atoms with Crippen LogP contribution in [0.1, 0.15) is 29.8 Å². The summed E-state index contributed by atoms with van der Waals surface area (Å²) >= 11 is 0. The SMILES string of the molecule is COc1ccc(N2CCN(c3nnc(C(=O)NCCCN4CCCC4=O)c4ccccc34)CC2)cc1. The summed E-state index contributed by atoms with van der Waals surface area (Å²) in [5, 5.41) is 13.5. The molecule has 2 aliphatic heterocycles. The highest BCUT2D eigenvalue weighted by Crippen LogP contribution is 2.28. The van der Waals surface area contributed by atoms with Gasteiger partial charge in [0.1, 0.15) is 5.75 Å². The third-order valence-corrected chi connectivity index (χ3v) is 6.96. The lowest BCUT2D eigenvalue weighted by Crippen LogP contribution is -2.47. The Morgan fingerprint density at radius 3 is 2.36 bits per heavy atom. The Labute approximate surface area is 211 Å². The highest BCUT2D eigenvalue weighted by molar-refractivity contribution is 6.07. The number of fused-ring (bicyclic) bond motifs is 1. The molecule has 0 bridgehead atoms. The highest BCUT2D eigenvalue weighted by Gasteiger charge is 2.23. The molecule has 2 aromatic carbocycles. The summed E-state index contributed by atoms with van der Waals surface area (Å²) in [6.07, 6.45) is 2.28. The number of carbonyl (C=O) groups is 2. The number of ether oxygens (including phenoxy) is 1. The number of hydrogen-bond donors (Lipinski definition) is 1. The van der Waals surface area contributed by atoms with Crippen molar-refractivity contribution in [2.75, 3.05) is 62.7 Å². The van der Waals surface area contributed by atoms with Crippen LogP contribution < -0.4 is 19.9 Å². The number of methoxy groups -OCH3 is 1. The van der Waals surface area contributed by atoms with E-state index >= 15 is 0 Å². The number of benzene rings is 2. The lowest BCUT2D eigenvalue weighted by atomic mass is 10.1. The molecule has 188 valence electrons. The van der Waals surface area contributed by atoms with E-state index in [2.05, 4.69) is 37.4 Å². The summed E-state index contributed by atoms with van der Waals surface area (Å²) in [6, 6.07) is 16.0. The fourth-order valence-corrected chi connectivity index (χ4v) is 4.96. The van der Waals surface area contributed by atoms with Crippen molar-refractivity contribution in [3.63, 3.8) is 0 Å². The van der Waals surface area contributed by atoms with Gasteiger partial charge in [-0.05, 0) is 37.1 Å². The molecule has 2 aliphatic rings. The van der Waals surface area contributed by atoms with Crippen LogP contribution in [-0.2, 0) is 4.79 Å². The van der Waals surface area contributed by atoms with Crippen molar-refractivity contribution >= 4 is 34.1 Å². The molecule has 9 nitrogen and oxygen atoms in total. The van der Waals surface area contributed by atoms with Crippen molar-refractivity contribution in [2.24, 2.45) is 0 Å². The van der Waals surface area contributed by atoms with Gasteiger partial charge in [-0.1, -0.05) is 24.3 Å². The summed E-state index contributed by atoms with van der Waals surface area (Å²) in [4.78, 5) is 31.1. The van der Waals surface area contributed by atoms with E-state index in [1.807, 2.05) is 41.3 Å². The van der Waals surface area contributed by atoms with Crippen LogP contribution in [0.4, 0.5) is 11.5 Å². The molecule has 0 saturated carbocycles. The van der Waals surface area contributed by atoms with E-state index in [0.29, 0.717) is 25.2 Å². The highest BCUT2D eigenvalue weighted by atomic mass is 16.5. The molecular weight excluding hydrogens is 456 g/mol. The first kappa shape index (κ1) is 23.8. The van der Waals surface area contributed by atoms with Crippen LogP contribution in [0.2, 0.25) is 0 Å². The zero-order valence-corrected chi connectivity index (χ0v) is 20.7. The first-order valence-electron chi connectivity index (χ1n) is 12.6. The van der Waals surface area contributed by atoms with Crippen LogP contribution in [-0.4, -0.2) is 79.8 Å². The van der Waals surface area contributed by atoms with Gasteiger partial charge >= 0.3 is 0 Å². The summed E-state index contributed by atoms with van der Waals surface area (Å²) in [6.45, 7) is 5.34. The minimum atomic E-state index is -0.234. The predicted molar refractivity (Wildman–Crippen MR) is 140 cm³/mol. The van der Waals surface area contributed by atoms with E-state index in [0.717, 1.165) is 67.9 Å². The maximum absolute atomic E-state index is 12.9. The van der Waals surface area contributed by atoms with Crippen LogP contribution in [0.3, 0.4) is 0 Å². The Bertz CT molecular complexity index is 1220. The third-order valence-electron chi connectivity index (χ3n) is 6.96. The molecule has 1 aromatic heterocycles. The summed E-state index contributed by atoms with van der Waals surface area (Å²) in [5.74, 6) is 1.63. The van der Waals surface area contributed by atoms with Crippen molar-refractivity contribution in [3.05, 3.63) is 54.2 Å². The predicted octanol–water partition coefficient (Wildman–Crippen LogP) is 2.71.